The Kier molecular flexibility index (Phi) is 5.24. The van der Waals surface area contributed by atoms with Crippen LogP contribution in [0, 0.1) is 11.3 Å². The molecule has 0 bridgehead atoms. The van der Waals surface area contributed by atoms with Gasteiger partial charge in [-0.25, -0.2) is 0 Å². The minimum atomic E-state index is -4.58. The molecule has 0 saturated carbocycles. The summed E-state index contributed by atoms with van der Waals surface area (Å²) in [6, 6.07) is 6.39. The van der Waals surface area contributed by atoms with Gasteiger partial charge in [-0.2, -0.15) is 18.4 Å². The third-order valence-electron chi connectivity index (χ3n) is 3.31. The molecule has 0 aromatic heterocycles. The molecule has 1 amide bonds. The van der Waals surface area contributed by atoms with Gasteiger partial charge in [-0.05, 0) is 12.1 Å². The average molecular weight is 324 g/mol. The molecule has 1 fully saturated rings. The van der Waals surface area contributed by atoms with Gasteiger partial charge in [0.05, 0.1) is 11.3 Å². The molecule has 0 radical (unpaired) electrons. The first kappa shape index (κ1) is 16.8. The molecule has 1 aliphatic rings. The summed E-state index contributed by atoms with van der Waals surface area (Å²) in [6.07, 6.45) is -3.20. The normalized spacial score (nSPS) is 15.9. The first-order valence-corrected chi connectivity index (χ1v) is 6.96. The van der Waals surface area contributed by atoms with Crippen molar-refractivity contribution < 1.29 is 18.0 Å². The van der Waals surface area contributed by atoms with E-state index in [9.17, 15) is 18.0 Å². The van der Waals surface area contributed by atoms with Crippen LogP contribution in [0.5, 0.6) is 0 Å². The second kappa shape index (κ2) is 7.15. The standard InChI is InChI=1S/C15H15F3N4O/c16-15(17,18)12-3-1-2-4-13(12)21-14(23)11(9-19)10-22-7-5-20-6-8-22/h1-4,10,20H,5-8H2,(H,21,23)/b11-10-. The van der Waals surface area contributed by atoms with E-state index in [4.69, 9.17) is 5.26 Å². The third-order valence-corrected chi connectivity index (χ3v) is 3.31. The molecule has 2 rings (SSSR count). The summed E-state index contributed by atoms with van der Waals surface area (Å²) in [5, 5.41) is 14.4. The van der Waals surface area contributed by atoms with Crippen LogP contribution in [0.15, 0.2) is 36.0 Å². The van der Waals surface area contributed by atoms with E-state index in [0.29, 0.717) is 26.2 Å². The van der Waals surface area contributed by atoms with E-state index in [1.54, 1.807) is 11.0 Å². The molecule has 0 unspecified atom stereocenters. The van der Waals surface area contributed by atoms with Crippen molar-refractivity contribution in [1.82, 2.24) is 10.2 Å². The lowest BCUT2D eigenvalue weighted by Gasteiger charge is -2.26. The van der Waals surface area contributed by atoms with Crippen molar-refractivity contribution in [2.75, 3.05) is 31.5 Å². The van der Waals surface area contributed by atoms with Gasteiger partial charge < -0.3 is 15.5 Å². The Hall–Kier alpha value is -2.53. The fourth-order valence-corrected chi connectivity index (χ4v) is 2.16. The van der Waals surface area contributed by atoms with Crippen LogP contribution >= 0.6 is 0 Å². The van der Waals surface area contributed by atoms with Crippen molar-refractivity contribution in [2.24, 2.45) is 0 Å². The van der Waals surface area contributed by atoms with Crippen LogP contribution in [-0.4, -0.2) is 37.0 Å². The Morgan fingerprint density at radius 2 is 1.96 bits per heavy atom. The van der Waals surface area contributed by atoms with Gasteiger partial charge in [0.2, 0.25) is 0 Å². The zero-order valence-corrected chi connectivity index (χ0v) is 12.2. The van der Waals surface area contributed by atoms with E-state index in [-0.39, 0.29) is 11.3 Å². The molecular weight excluding hydrogens is 309 g/mol. The van der Waals surface area contributed by atoms with Crippen molar-refractivity contribution >= 4 is 11.6 Å². The van der Waals surface area contributed by atoms with E-state index < -0.39 is 17.6 Å². The highest BCUT2D eigenvalue weighted by molar-refractivity contribution is 6.06. The monoisotopic (exact) mass is 324 g/mol. The number of nitrogens with zero attached hydrogens (tertiary/aromatic N) is 2. The molecule has 1 aromatic carbocycles. The molecule has 0 spiro atoms. The second-order valence-electron chi connectivity index (χ2n) is 4.94. The average Bonchev–Trinajstić information content (AvgIpc) is 2.53. The van der Waals surface area contributed by atoms with Crippen LogP contribution in [0.1, 0.15) is 5.56 Å². The Morgan fingerprint density at radius 1 is 1.30 bits per heavy atom. The predicted molar refractivity (Wildman–Crippen MR) is 78.2 cm³/mol. The Labute approximate surface area is 131 Å². The van der Waals surface area contributed by atoms with Gasteiger partial charge >= 0.3 is 6.18 Å². The number of carbonyl (C=O) groups excluding carboxylic acids is 1. The first-order valence-electron chi connectivity index (χ1n) is 6.96. The molecule has 1 saturated heterocycles. The summed E-state index contributed by atoms with van der Waals surface area (Å²) in [5.74, 6) is -0.859. The summed E-state index contributed by atoms with van der Waals surface area (Å²) < 4.78 is 38.7. The van der Waals surface area contributed by atoms with Gasteiger partial charge in [-0.1, -0.05) is 12.1 Å². The highest BCUT2D eigenvalue weighted by Crippen LogP contribution is 2.34. The third kappa shape index (κ3) is 4.47. The Balaban J connectivity index is 2.17. The number of nitriles is 1. The van der Waals surface area contributed by atoms with Crippen LogP contribution in [0.25, 0.3) is 0 Å². The van der Waals surface area contributed by atoms with E-state index in [1.807, 2.05) is 0 Å². The first-order chi connectivity index (χ1) is 10.9. The van der Waals surface area contributed by atoms with Crippen molar-refractivity contribution in [1.29, 1.82) is 5.26 Å². The number of benzene rings is 1. The van der Waals surface area contributed by atoms with Gasteiger partial charge in [0, 0.05) is 32.4 Å². The maximum atomic E-state index is 12.9. The minimum absolute atomic E-state index is 0.233. The highest BCUT2D eigenvalue weighted by atomic mass is 19.4. The van der Waals surface area contributed by atoms with Crippen LogP contribution in [0.4, 0.5) is 18.9 Å². The Morgan fingerprint density at radius 3 is 2.57 bits per heavy atom. The van der Waals surface area contributed by atoms with Gasteiger partial charge in [0.1, 0.15) is 11.6 Å². The second-order valence-corrected chi connectivity index (χ2v) is 4.94. The highest BCUT2D eigenvalue weighted by Gasteiger charge is 2.33. The Bertz CT molecular complexity index is 643. The fourth-order valence-electron chi connectivity index (χ4n) is 2.16. The lowest BCUT2D eigenvalue weighted by Crippen LogP contribution is -2.41. The van der Waals surface area contributed by atoms with Crippen LogP contribution in [0.3, 0.4) is 0 Å². The number of alkyl halides is 3. The molecule has 2 N–H and O–H groups in total. The summed E-state index contributed by atoms with van der Waals surface area (Å²) in [4.78, 5) is 13.9. The number of halogens is 3. The quantitative estimate of drug-likeness (QED) is 0.659. The number of para-hydroxylation sites is 1. The number of hydrogen-bond acceptors (Lipinski definition) is 4. The summed E-state index contributed by atoms with van der Waals surface area (Å²) in [5.41, 5.74) is -1.55. The number of nitrogens with one attached hydrogen (secondary N) is 2. The molecule has 8 heteroatoms. The van der Waals surface area contributed by atoms with Gasteiger partial charge in [-0.15, -0.1) is 0 Å². The summed E-state index contributed by atoms with van der Waals surface area (Å²) in [6.45, 7) is 2.68. The van der Waals surface area contributed by atoms with Gasteiger partial charge in [-0.3, -0.25) is 4.79 Å². The van der Waals surface area contributed by atoms with Crippen molar-refractivity contribution in [3.8, 4) is 6.07 Å². The van der Waals surface area contributed by atoms with Gasteiger partial charge in [0.15, 0.2) is 0 Å². The lowest BCUT2D eigenvalue weighted by atomic mass is 10.1. The maximum absolute atomic E-state index is 12.9. The predicted octanol–water partition coefficient (Wildman–Crippen LogP) is 1.96. The largest absolute Gasteiger partial charge is 0.418 e. The lowest BCUT2D eigenvalue weighted by molar-refractivity contribution is -0.137. The van der Waals surface area contributed by atoms with E-state index in [2.05, 4.69) is 10.6 Å². The molecule has 0 atom stereocenters. The van der Waals surface area contributed by atoms with E-state index in [0.717, 1.165) is 12.1 Å². The van der Waals surface area contributed by atoms with Crippen molar-refractivity contribution in [2.45, 2.75) is 6.18 Å². The van der Waals surface area contributed by atoms with Crippen LogP contribution < -0.4 is 10.6 Å². The molecule has 1 aliphatic heterocycles. The topological polar surface area (TPSA) is 68.2 Å². The van der Waals surface area contributed by atoms with Gasteiger partial charge in [0.25, 0.3) is 5.91 Å². The maximum Gasteiger partial charge on any atom is 0.418 e. The molecule has 0 aliphatic carbocycles. The zero-order chi connectivity index (χ0) is 16.9. The molecule has 1 heterocycles. The molecule has 1 aromatic rings. The molecule has 122 valence electrons. The minimum Gasteiger partial charge on any atom is -0.374 e. The van der Waals surface area contributed by atoms with Crippen LogP contribution in [-0.2, 0) is 11.0 Å². The van der Waals surface area contributed by atoms with E-state index >= 15 is 0 Å². The van der Waals surface area contributed by atoms with Crippen LogP contribution in [0.2, 0.25) is 0 Å². The molecule has 5 nitrogen and oxygen atoms in total. The van der Waals surface area contributed by atoms with Crippen molar-refractivity contribution in [3.05, 3.63) is 41.6 Å². The van der Waals surface area contributed by atoms with E-state index in [1.165, 1.54) is 18.3 Å². The smallest absolute Gasteiger partial charge is 0.374 e. The number of carbonyl (C=O) groups is 1. The summed E-state index contributed by atoms with van der Waals surface area (Å²) in [7, 11) is 0. The fraction of sp³-hybridized carbons (Fsp3) is 0.333. The number of anilines is 1. The number of piperazine rings is 1. The molecule has 23 heavy (non-hydrogen) atoms. The number of rotatable bonds is 3. The summed E-state index contributed by atoms with van der Waals surface area (Å²) >= 11 is 0. The van der Waals surface area contributed by atoms with Crippen molar-refractivity contribution in [3.63, 3.8) is 0 Å². The SMILES string of the molecule is N#C/C(=C/N1CCNCC1)C(=O)Nc1ccccc1C(F)(F)F. The molecular formula is C15H15F3N4O. The number of amides is 1. The number of hydrogen-bond donors (Lipinski definition) is 2. The zero-order valence-electron chi connectivity index (χ0n) is 12.2.